The van der Waals surface area contributed by atoms with Gasteiger partial charge in [-0.3, -0.25) is 9.59 Å². The van der Waals surface area contributed by atoms with E-state index in [2.05, 4.69) is 10.6 Å². The SMILES string of the molecule is CN[C@@H](C)C(=S)NC1CCSC2CCC(C(N)=O)N2C1=O. The lowest BCUT2D eigenvalue weighted by atomic mass is 10.1. The van der Waals surface area contributed by atoms with Crippen molar-refractivity contribution in [3.05, 3.63) is 0 Å². The normalized spacial score (nSPS) is 30.5. The van der Waals surface area contributed by atoms with Crippen LogP contribution in [0.15, 0.2) is 0 Å². The molecule has 6 nitrogen and oxygen atoms in total. The van der Waals surface area contributed by atoms with Crippen LogP contribution in [0.1, 0.15) is 26.2 Å². The molecule has 4 atom stereocenters. The Labute approximate surface area is 134 Å². The van der Waals surface area contributed by atoms with Crippen molar-refractivity contribution in [2.75, 3.05) is 12.8 Å². The number of hydrogen-bond acceptors (Lipinski definition) is 5. The molecule has 2 rings (SSSR count). The molecule has 0 spiro atoms. The van der Waals surface area contributed by atoms with Crippen LogP contribution >= 0.6 is 24.0 Å². The third-order valence-electron chi connectivity index (χ3n) is 4.07. The number of rotatable bonds is 4. The smallest absolute Gasteiger partial charge is 0.246 e. The number of primary amides is 1. The summed E-state index contributed by atoms with van der Waals surface area (Å²) >= 11 is 7.03. The van der Waals surface area contributed by atoms with Gasteiger partial charge < -0.3 is 21.3 Å². The first-order valence-corrected chi connectivity index (χ1v) is 8.62. The number of carbonyl (C=O) groups excluding carboxylic acids is 2. The van der Waals surface area contributed by atoms with Gasteiger partial charge in [0.2, 0.25) is 11.8 Å². The quantitative estimate of drug-likeness (QED) is 0.620. The maximum Gasteiger partial charge on any atom is 0.246 e. The number of thiocarbonyl (C=S) groups is 1. The van der Waals surface area contributed by atoms with Crippen LogP contribution in [0.3, 0.4) is 0 Å². The van der Waals surface area contributed by atoms with E-state index in [9.17, 15) is 9.59 Å². The Hall–Kier alpha value is -0.860. The standard InChI is InChI=1S/C13H22N4O2S2/c1-7(15-2)12(20)16-8-5-6-21-10-4-3-9(11(14)18)17(10)13(8)19/h7-10,15H,3-6H2,1-2H3,(H2,14,18)(H,16,20)/t7-,8?,9?,10?/m0/s1. The Kier molecular flexibility index (Phi) is 5.45. The van der Waals surface area contributed by atoms with E-state index in [0.717, 1.165) is 12.2 Å². The van der Waals surface area contributed by atoms with Crippen LogP contribution in [0.2, 0.25) is 0 Å². The topological polar surface area (TPSA) is 87.5 Å². The lowest BCUT2D eigenvalue weighted by Gasteiger charge is -2.30. The predicted molar refractivity (Wildman–Crippen MR) is 88.0 cm³/mol. The van der Waals surface area contributed by atoms with Crippen molar-refractivity contribution in [1.29, 1.82) is 0 Å². The highest BCUT2D eigenvalue weighted by molar-refractivity contribution is 7.99. The second-order valence-electron chi connectivity index (χ2n) is 5.43. The fraction of sp³-hybridized carbons (Fsp3) is 0.769. The zero-order chi connectivity index (χ0) is 15.6. The van der Waals surface area contributed by atoms with Crippen LogP contribution in [0.25, 0.3) is 0 Å². The van der Waals surface area contributed by atoms with E-state index >= 15 is 0 Å². The molecule has 3 unspecified atom stereocenters. The second-order valence-corrected chi connectivity index (χ2v) is 7.15. The molecule has 2 heterocycles. The van der Waals surface area contributed by atoms with Gasteiger partial charge in [-0.05, 0) is 39.0 Å². The molecule has 0 aromatic heterocycles. The monoisotopic (exact) mass is 330 g/mol. The highest BCUT2D eigenvalue weighted by Crippen LogP contribution is 2.35. The molecule has 2 saturated heterocycles. The molecule has 4 N–H and O–H groups in total. The summed E-state index contributed by atoms with van der Waals surface area (Å²) in [6, 6.07) is -0.844. The molecular formula is C13H22N4O2S2. The van der Waals surface area contributed by atoms with Crippen LogP contribution in [0.5, 0.6) is 0 Å². The van der Waals surface area contributed by atoms with Crippen LogP contribution in [-0.2, 0) is 9.59 Å². The van der Waals surface area contributed by atoms with Gasteiger partial charge in [0.1, 0.15) is 12.1 Å². The first kappa shape index (κ1) is 16.5. The summed E-state index contributed by atoms with van der Waals surface area (Å²) < 4.78 is 0. The van der Waals surface area contributed by atoms with Crippen molar-refractivity contribution in [2.45, 2.75) is 49.7 Å². The molecule has 118 valence electrons. The van der Waals surface area contributed by atoms with E-state index in [-0.39, 0.29) is 23.4 Å². The van der Waals surface area contributed by atoms with Crippen molar-refractivity contribution < 1.29 is 9.59 Å². The van der Waals surface area contributed by atoms with Crippen molar-refractivity contribution >= 4 is 40.8 Å². The minimum Gasteiger partial charge on any atom is -0.368 e. The van der Waals surface area contributed by atoms with Crippen molar-refractivity contribution in [3.8, 4) is 0 Å². The van der Waals surface area contributed by atoms with Crippen molar-refractivity contribution in [3.63, 3.8) is 0 Å². The van der Waals surface area contributed by atoms with Gasteiger partial charge in [-0.2, -0.15) is 0 Å². The van der Waals surface area contributed by atoms with Gasteiger partial charge in [0.25, 0.3) is 0 Å². The minimum absolute atomic E-state index is 0.00465. The molecule has 0 aromatic carbocycles. The number of likely N-dealkylation sites (N-methyl/N-ethyl adjacent to an activating group) is 1. The fourth-order valence-corrected chi connectivity index (χ4v) is 4.32. The third kappa shape index (κ3) is 3.49. The van der Waals surface area contributed by atoms with E-state index in [1.165, 1.54) is 0 Å². The second kappa shape index (κ2) is 6.93. The number of fused-ring (bicyclic) bond motifs is 1. The van der Waals surface area contributed by atoms with Gasteiger partial charge >= 0.3 is 0 Å². The average Bonchev–Trinajstić information content (AvgIpc) is 2.82. The first-order valence-electron chi connectivity index (χ1n) is 7.16. The number of nitrogens with one attached hydrogen (secondary N) is 2. The van der Waals surface area contributed by atoms with E-state index in [1.807, 2.05) is 14.0 Å². The summed E-state index contributed by atoms with van der Waals surface area (Å²) in [4.78, 5) is 26.6. The van der Waals surface area contributed by atoms with Crippen LogP contribution in [0.4, 0.5) is 0 Å². The first-order chi connectivity index (χ1) is 9.95. The molecule has 0 aliphatic carbocycles. The van der Waals surface area contributed by atoms with Crippen LogP contribution < -0.4 is 16.4 Å². The molecule has 2 fully saturated rings. The Balaban J connectivity index is 2.12. The van der Waals surface area contributed by atoms with Gasteiger partial charge in [0.05, 0.1) is 16.4 Å². The largest absolute Gasteiger partial charge is 0.368 e. The summed E-state index contributed by atoms with van der Waals surface area (Å²) in [5.74, 6) is 0.391. The lowest BCUT2D eigenvalue weighted by molar-refractivity contribution is -0.139. The number of thioether (sulfide) groups is 1. The molecule has 0 saturated carbocycles. The zero-order valence-electron chi connectivity index (χ0n) is 12.3. The Morgan fingerprint density at radius 3 is 2.81 bits per heavy atom. The maximum atomic E-state index is 12.8. The molecule has 0 radical (unpaired) electrons. The molecule has 0 aromatic rings. The third-order valence-corrected chi connectivity index (χ3v) is 5.86. The van der Waals surface area contributed by atoms with Crippen molar-refractivity contribution in [2.24, 2.45) is 5.73 Å². The van der Waals surface area contributed by atoms with Gasteiger partial charge in [-0.1, -0.05) is 12.2 Å². The zero-order valence-corrected chi connectivity index (χ0v) is 13.9. The highest BCUT2D eigenvalue weighted by atomic mass is 32.2. The average molecular weight is 330 g/mol. The molecule has 2 aliphatic heterocycles. The number of hydrogen-bond donors (Lipinski definition) is 3. The summed E-state index contributed by atoms with van der Waals surface area (Å²) in [6.07, 6.45) is 2.19. The van der Waals surface area contributed by atoms with Crippen LogP contribution in [-0.4, -0.2) is 58.0 Å². The molecule has 2 aliphatic rings. The molecule has 21 heavy (non-hydrogen) atoms. The number of amides is 2. The summed E-state index contributed by atoms with van der Waals surface area (Å²) in [6.45, 7) is 1.94. The predicted octanol–water partition coefficient (Wildman–Crippen LogP) is -0.181. The van der Waals surface area contributed by atoms with Gasteiger partial charge in [-0.25, -0.2) is 0 Å². The van der Waals surface area contributed by atoms with E-state index in [1.54, 1.807) is 16.7 Å². The lowest BCUT2D eigenvalue weighted by Crippen LogP contribution is -2.55. The fourth-order valence-electron chi connectivity index (χ4n) is 2.70. The van der Waals surface area contributed by atoms with E-state index in [0.29, 0.717) is 17.8 Å². The Morgan fingerprint density at radius 1 is 1.48 bits per heavy atom. The summed E-state index contributed by atoms with van der Waals surface area (Å²) in [7, 11) is 1.82. The van der Waals surface area contributed by atoms with Gasteiger partial charge in [0, 0.05) is 0 Å². The molecule has 8 heteroatoms. The Morgan fingerprint density at radius 2 is 2.19 bits per heavy atom. The molecule has 0 bridgehead atoms. The summed E-state index contributed by atoms with van der Waals surface area (Å²) in [5, 5.41) is 6.26. The minimum atomic E-state index is -0.479. The molecule has 2 amide bonds. The highest BCUT2D eigenvalue weighted by Gasteiger charge is 2.44. The number of carbonyl (C=O) groups is 2. The van der Waals surface area contributed by atoms with E-state index in [4.69, 9.17) is 18.0 Å². The van der Waals surface area contributed by atoms with Gasteiger partial charge in [-0.15, -0.1) is 11.8 Å². The van der Waals surface area contributed by atoms with Crippen molar-refractivity contribution in [1.82, 2.24) is 15.5 Å². The summed E-state index contributed by atoms with van der Waals surface area (Å²) in [5.41, 5.74) is 5.44. The number of nitrogens with two attached hydrogens (primary N) is 1. The maximum absolute atomic E-state index is 12.8. The van der Waals surface area contributed by atoms with Crippen LogP contribution in [0, 0.1) is 0 Å². The Bertz CT molecular complexity index is 446. The molecular weight excluding hydrogens is 308 g/mol. The van der Waals surface area contributed by atoms with E-state index < -0.39 is 11.9 Å². The number of nitrogens with zero attached hydrogens (tertiary/aromatic N) is 1. The van der Waals surface area contributed by atoms with Gasteiger partial charge in [0.15, 0.2) is 0 Å².